The molecule has 6 N–H and O–H groups in total. The Bertz CT molecular complexity index is 1760. The molecule has 0 aliphatic carbocycles. The molecule has 43 heavy (non-hydrogen) atoms. The van der Waals surface area contributed by atoms with E-state index < -0.39 is 70.4 Å². The number of hydrogen-bond donors (Lipinski definition) is 4. The Morgan fingerprint density at radius 2 is 1.51 bits per heavy atom. The van der Waals surface area contributed by atoms with Crippen molar-refractivity contribution in [1.82, 2.24) is 39.0 Å². The number of ether oxygens (including phenoxy) is 2. The number of nitrogen functional groups attached to an aromatic ring is 2. The highest BCUT2D eigenvalue weighted by Gasteiger charge is 2.53. The molecule has 4 aromatic heterocycles. The minimum absolute atomic E-state index is 0.0280. The third kappa shape index (κ3) is 5.07. The normalized spacial score (nSPS) is 36.3. The van der Waals surface area contributed by atoms with Crippen LogP contribution in [0, 0.1) is 0 Å². The lowest BCUT2D eigenvalue weighted by Gasteiger charge is -2.34. The Morgan fingerprint density at radius 1 is 0.907 bits per heavy atom. The van der Waals surface area contributed by atoms with Gasteiger partial charge in [-0.2, -0.15) is 0 Å². The van der Waals surface area contributed by atoms with Crippen LogP contribution in [0.2, 0.25) is 0 Å². The van der Waals surface area contributed by atoms with Gasteiger partial charge in [-0.15, -0.1) is 9.05 Å². The number of aliphatic hydroxyl groups excluding tert-OH is 2. The molecule has 3 aliphatic rings. The van der Waals surface area contributed by atoms with Gasteiger partial charge in [-0.25, -0.2) is 29.9 Å². The van der Waals surface area contributed by atoms with E-state index in [1.54, 1.807) is 0 Å². The Hall–Kier alpha value is -2.87. The van der Waals surface area contributed by atoms with Crippen LogP contribution in [0.1, 0.15) is 18.9 Å². The lowest BCUT2D eigenvalue weighted by molar-refractivity contribution is -0.190. The first kappa shape index (κ1) is 28.9. The maximum Gasteiger partial charge on any atom is 0.698 e. The van der Waals surface area contributed by atoms with E-state index in [4.69, 9.17) is 46.3 Å². The summed E-state index contributed by atoms with van der Waals surface area (Å²) in [5, 5.41) is 22.4. The number of hydrogen-bond acceptors (Lipinski definition) is 18. The van der Waals surface area contributed by atoms with Gasteiger partial charge in [0.05, 0.1) is 18.8 Å². The van der Waals surface area contributed by atoms with Gasteiger partial charge in [-0.3, -0.25) is 9.13 Å². The molecular formula is C21H24N10O9P2S. The van der Waals surface area contributed by atoms with Crippen LogP contribution in [0.15, 0.2) is 25.3 Å². The number of anilines is 2. The molecular weight excluding hydrogens is 630 g/mol. The van der Waals surface area contributed by atoms with E-state index in [9.17, 15) is 19.7 Å². The summed E-state index contributed by atoms with van der Waals surface area (Å²) in [5.74, 6) is 0.253. The average Bonchev–Trinajstić information content (AvgIpc) is 3.73. The molecule has 228 valence electrons. The molecule has 0 saturated carbocycles. The van der Waals surface area contributed by atoms with Crippen LogP contribution in [-0.4, -0.2) is 98.6 Å². The van der Waals surface area contributed by atoms with Crippen molar-refractivity contribution in [2.24, 2.45) is 0 Å². The van der Waals surface area contributed by atoms with E-state index >= 15 is 0 Å². The molecule has 3 aliphatic heterocycles. The SMILES string of the molecule is Nc1ncnc2c1ncn2[C@@H]1O[C@@H]2CO[P+](=O)O[C@@H]3[C@H](O)[C@@H](CCP([O-])(=S)O[C@H]2[C@H]1O)O[C@H]3n1cnc2c(N)ncnc21. The van der Waals surface area contributed by atoms with Crippen LogP contribution in [0.25, 0.3) is 22.3 Å². The molecule has 22 heteroatoms. The molecule has 3 saturated heterocycles. The van der Waals surface area contributed by atoms with E-state index in [1.165, 1.54) is 34.4 Å². The van der Waals surface area contributed by atoms with E-state index in [0.717, 1.165) is 0 Å². The van der Waals surface area contributed by atoms with Gasteiger partial charge in [-0.1, -0.05) is 11.8 Å². The zero-order valence-electron chi connectivity index (χ0n) is 21.8. The van der Waals surface area contributed by atoms with Crippen molar-refractivity contribution in [2.75, 3.05) is 24.2 Å². The fourth-order valence-corrected chi connectivity index (χ4v) is 8.09. The highest BCUT2D eigenvalue weighted by molar-refractivity contribution is 8.08. The van der Waals surface area contributed by atoms with Gasteiger partial charge in [0.1, 0.15) is 54.7 Å². The number of fused-ring (bicyclic) bond motifs is 5. The molecule has 19 nitrogen and oxygen atoms in total. The second-order valence-corrected chi connectivity index (χ2v) is 14.5. The Kier molecular flexibility index (Phi) is 7.34. The average molecular weight is 654 g/mol. The molecule has 0 spiro atoms. The molecule has 4 aromatic rings. The summed E-state index contributed by atoms with van der Waals surface area (Å²) >= 11 is 5.33. The van der Waals surface area contributed by atoms with Crippen molar-refractivity contribution >= 4 is 60.5 Å². The van der Waals surface area contributed by atoms with E-state index in [2.05, 4.69) is 29.9 Å². The Balaban J connectivity index is 1.18. The molecule has 0 radical (unpaired) electrons. The fraction of sp³-hybridized carbons (Fsp3) is 0.524. The number of imidazole rings is 2. The van der Waals surface area contributed by atoms with Gasteiger partial charge in [-0.05, 0) is 19.1 Å². The summed E-state index contributed by atoms with van der Waals surface area (Å²) in [5.41, 5.74) is 12.9. The smallest absolute Gasteiger partial charge is 0.698 e. The van der Waals surface area contributed by atoms with Crippen molar-refractivity contribution in [1.29, 1.82) is 0 Å². The summed E-state index contributed by atoms with van der Waals surface area (Å²) in [6, 6.07) is 0. The van der Waals surface area contributed by atoms with Gasteiger partial charge in [0, 0.05) is 4.57 Å². The van der Waals surface area contributed by atoms with Crippen LogP contribution >= 0.6 is 14.7 Å². The molecule has 2 bridgehead atoms. The van der Waals surface area contributed by atoms with Crippen LogP contribution in [0.4, 0.5) is 11.6 Å². The van der Waals surface area contributed by atoms with Crippen molar-refractivity contribution in [2.45, 2.75) is 55.5 Å². The van der Waals surface area contributed by atoms with Crippen molar-refractivity contribution in [3.05, 3.63) is 25.3 Å². The molecule has 0 amide bonds. The van der Waals surface area contributed by atoms with Gasteiger partial charge in [0.15, 0.2) is 41.5 Å². The molecule has 10 atom stereocenters. The van der Waals surface area contributed by atoms with E-state index in [0.29, 0.717) is 5.52 Å². The Labute approximate surface area is 247 Å². The van der Waals surface area contributed by atoms with Gasteiger partial charge in [0.2, 0.25) is 0 Å². The molecule has 3 fully saturated rings. The number of aliphatic hydroxyl groups is 2. The van der Waals surface area contributed by atoms with Gasteiger partial charge < -0.3 is 40.6 Å². The maximum absolute atomic E-state index is 13.5. The second-order valence-electron chi connectivity index (χ2n) is 10.1. The van der Waals surface area contributed by atoms with Crippen molar-refractivity contribution < 1.29 is 42.7 Å². The molecule has 2 unspecified atom stereocenters. The van der Waals surface area contributed by atoms with Crippen LogP contribution in [0.5, 0.6) is 0 Å². The zero-order chi connectivity index (χ0) is 30.0. The minimum atomic E-state index is -3.86. The third-order valence-corrected chi connectivity index (χ3v) is 10.4. The summed E-state index contributed by atoms with van der Waals surface area (Å²) < 4.78 is 45.0. The summed E-state index contributed by atoms with van der Waals surface area (Å²) in [6.45, 7) is -4.29. The van der Waals surface area contributed by atoms with E-state index in [-0.39, 0.29) is 41.0 Å². The predicted octanol–water partition coefficient (Wildman–Crippen LogP) is -1.13. The zero-order valence-corrected chi connectivity index (χ0v) is 24.4. The third-order valence-electron chi connectivity index (χ3n) is 7.47. The summed E-state index contributed by atoms with van der Waals surface area (Å²) in [6.07, 6.45) is -4.54. The van der Waals surface area contributed by atoms with Gasteiger partial charge in [0.25, 0.3) is 0 Å². The topological polar surface area (TPSA) is 266 Å². The highest BCUT2D eigenvalue weighted by Crippen LogP contribution is 2.49. The first-order chi connectivity index (χ1) is 20.6. The first-order valence-electron chi connectivity index (χ1n) is 12.9. The number of nitrogens with two attached hydrogens (primary N) is 2. The van der Waals surface area contributed by atoms with Crippen LogP contribution in [0.3, 0.4) is 0 Å². The fourth-order valence-electron chi connectivity index (χ4n) is 5.41. The highest BCUT2D eigenvalue weighted by atomic mass is 32.5. The lowest BCUT2D eigenvalue weighted by atomic mass is 10.1. The largest absolute Gasteiger partial charge is 0.801 e. The summed E-state index contributed by atoms with van der Waals surface area (Å²) in [4.78, 5) is 38.1. The maximum atomic E-state index is 13.5. The van der Waals surface area contributed by atoms with Crippen molar-refractivity contribution in [3.63, 3.8) is 0 Å². The van der Waals surface area contributed by atoms with Gasteiger partial charge >= 0.3 is 8.25 Å². The second kappa shape index (κ2) is 10.9. The summed E-state index contributed by atoms with van der Waals surface area (Å²) in [7, 11) is -2.89. The molecule has 7 heterocycles. The number of rotatable bonds is 2. The van der Waals surface area contributed by atoms with Crippen LogP contribution < -0.4 is 16.4 Å². The predicted molar refractivity (Wildman–Crippen MR) is 146 cm³/mol. The van der Waals surface area contributed by atoms with E-state index in [1.807, 2.05) is 0 Å². The molecule has 0 aromatic carbocycles. The number of aromatic nitrogens is 8. The minimum Gasteiger partial charge on any atom is -0.801 e. The van der Waals surface area contributed by atoms with Crippen molar-refractivity contribution in [3.8, 4) is 0 Å². The monoisotopic (exact) mass is 654 g/mol. The standard InChI is InChI=1S/C21H24N10O9P2S/c22-16-10-18(26-4-24-16)30(6-28-10)20-13(33)14-9(38-20)3-36-41(34)39-15-12(32)8(1-2-42(35,43)40-14)37-21(15)31-7-29-11-17(23)25-5-27-19(11)31/h4-9,12-15,20-21,32-33H,1-3H2,(H4-,22,23,24,25,26,27,35,43)/t8-,9-,12-,13-,14-,15-,20-,21-,42?/m1/s1. The number of nitrogens with zero attached hydrogens (tertiary/aromatic N) is 8. The molecule has 7 rings (SSSR count). The Morgan fingerprint density at radius 3 is 2.16 bits per heavy atom. The van der Waals surface area contributed by atoms with Crippen LogP contribution in [-0.2, 0) is 39.4 Å². The first-order valence-corrected chi connectivity index (χ1v) is 16.8. The lowest BCUT2D eigenvalue weighted by Crippen LogP contribution is -2.37. The quantitative estimate of drug-likeness (QED) is 0.186.